The highest BCUT2D eigenvalue weighted by atomic mass is 32.1. The number of nitrogens with one attached hydrogen (secondary N) is 4. The third-order valence-electron chi connectivity index (χ3n) is 4.12. The summed E-state index contributed by atoms with van der Waals surface area (Å²) in [6.45, 7) is 5.77. The second-order valence-electron chi connectivity index (χ2n) is 7.05. The Morgan fingerprint density at radius 3 is 2.31 bits per heavy atom. The predicted molar refractivity (Wildman–Crippen MR) is 116 cm³/mol. The molecule has 2 aromatic carbocycles. The summed E-state index contributed by atoms with van der Waals surface area (Å²) in [7, 11) is 0. The number of rotatable bonds is 6. The van der Waals surface area contributed by atoms with Crippen LogP contribution in [0.2, 0.25) is 0 Å². The lowest BCUT2D eigenvalue weighted by Crippen LogP contribution is -2.53. The number of thiocarbonyl (C=S) groups is 1. The van der Waals surface area contributed by atoms with Crippen LogP contribution < -0.4 is 21.5 Å². The summed E-state index contributed by atoms with van der Waals surface area (Å²) in [4.78, 5) is 25.2. The summed E-state index contributed by atoms with van der Waals surface area (Å²) in [6.07, 6.45) is 0.462. The lowest BCUT2D eigenvalue weighted by Gasteiger charge is -2.21. The molecule has 0 heterocycles. The molecule has 0 aliphatic carbocycles. The fourth-order valence-corrected chi connectivity index (χ4v) is 2.84. The van der Waals surface area contributed by atoms with Crippen LogP contribution in [0.3, 0.4) is 0 Å². The van der Waals surface area contributed by atoms with Gasteiger partial charge in [-0.2, -0.15) is 0 Å². The second kappa shape index (κ2) is 10.5. The number of benzene rings is 2. The summed E-state index contributed by atoms with van der Waals surface area (Å²) < 4.78 is 13.0. The van der Waals surface area contributed by atoms with Crippen LogP contribution in [0.15, 0.2) is 48.5 Å². The summed E-state index contributed by atoms with van der Waals surface area (Å²) in [5.74, 6) is -0.893. The molecule has 0 bridgehead atoms. The molecule has 0 aliphatic rings. The zero-order valence-electron chi connectivity index (χ0n) is 16.6. The van der Waals surface area contributed by atoms with Gasteiger partial charge in [-0.05, 0) is 67.4 Å². The van der Waals surface area contributed by atoms with Crippen molar-refractivity contribution in [1.29, 1.82) is 0 Å². The van der Waals surface area contributed by atoms with E-state index in [1.165, 1.54) is 24.3 Å². The van der Waals surface area contributed by atoms with E-state index in [0.29, 0.717) is 17.7 Å². The number of amides is 2. The third-order valence-corrected chi connectivity index (χ3v) is 4.32. The zero-order chi connectivity index (χ0) is 21.4. The zero-order valence-corrected chi connectivity index (χ0v) is 17.4. The largest absolute Gasteiger partial charge is 0.340 e. The van der Waals surface area contributed by atoms with Crippen molar-refractivity contribution in [2.24, 2.45) is 5.92 Å². The number of halogens is 1. The number of carbonyl (C=O) groups is 2. The first-order chi connectivity index (χ1) is 13.8. The van der Waals surface area contributed by atoms with Crippen molar-refractivity contribution in [3.8, 4) is 0 Å². The highest BCUT2D eigenvalue weighted by Crippen LogP contribution is 2.10. The van der Waals surface area contributed by atoms with Crippen LogP contribution in [0.1, 0.15) is 36.2 Å². The Kier molecular flexibility index (Phi) is 8.09. The van der Waals surface area contributed by atoms with Gasteiger partial charge in [0.25, 0.3) is 11.8 Å². The Bertz CT molecular complexity index is 871. The number of hydrogen-bond donors (Lipinski definition) is 4. The summed E-state index contributed by atoms with van der Waals surface area (Å²) >= 11 is 5.13. The van der Waals surface area contributed by atoms with E-state index >= 15 is 0 Å². The quantitative estimate of drug-likeness (QED) is 0.429. The van der Waals surface area contributed by atoms with Gasteiger partial charge in [-0.15, -0.1) is 0 Å². The monoisotopic (exact) mass is 416 g/mol. The van der Waals surface area contributed by atoms with E-state index in [0.717, 1.165) is 5.56 Å². The van der Waals surface area contributed by atoms with Crippen LogP contribution in [0.25, 0.3) is 0 Å². The molecule has 29 heavy (non-hydrogen) atoms. The minimum Gasteiger partial charge on any atom is -0.340 e. The number of anilines is 1. The first-order valence-corrected chi connectivity index (χ1v) is 9.66. The predicted octanol–water partition coefficient (Wildman–Crippen LogP) is 3.30. The molecule has 0 aliphatic heterocycles. The minimum atomic E-state index is -0.733. The molecular weight excluding hydrogens is 391 g/mol. The van der Waals surface area contributed by atoms with Gasteiger partial charge in [0.15, 0.2) is 5.11 Å². The average molecular weight is 417 g/mol. The summed E-state index contributed by atoms with van der Waals surface area (Å²) in [6, 6.07) is 12.1. The van der Waals surface area contributed by atoms with Crippen molar-refractivity contribution in [3.63, 3.8) is 0 Å². The van der Waals surface area contributed by atoms with Crippen LogP contribution in [-0.4, -0.2) is 23.0 Å². The molecule has 0 aromatic heterocycles. The van der Waals surface area contributed by atoms with Gasteiger partial charge in [0.05, 0.1) is 0 Å². The van der Waals surface area contributed by atoms with Gasteiger partial charge in [-0.25, -0.2) is 4.39 Å². The third kappa shape index (κ3) is 7.15. The van der Waals surface area contributed by atoms with Crippen LogP contribution in [0.5, 0.6) is 0 Å². The second-order valence-corrected chi connectivity index (χ2v) is 7.45. The molecule has 6 nitrogen and oxygen atoms in total. The topological polar surface area (TPSA) is 82.3 Å². The molecule has 0 fully saturated rings. The molecule has 4 N–H and O–H groups in total. The molecule has 0 radical (unpaired) electrons. The van der Waals surface area contributed by atoms with Crippen LogP contribution in [0.4, 0.5) is 10.1 Å². The average Bonchev–Trinajstić information content (AvgIpc) is 2.67. The van der Waals surface area contributed by atoms with Crippen molar-refractivity contribution in [2.75, 3.05) is 5.32 Å². The maximum Gasteiger partial charge on any atom is 0.260 e. The van der Waals surface area contributed by atoms with E-state index in [9.17, 15) is 14.0 Å². The maximum absolute atomic E-state index is 13.0. The molecular formula is C21H25FN4O2S. The number of hydrogen-bond acceptors (Lipinski definition) is 3. The molecule has 0 unspecified atom stereocenters. The van der Waals surface area contributed by atoms with Crippen molar-refractivity contribution < 1.29 is 14.0 Å². The number of carbonyl (C=O) groups excluding carboxylic acids is 2. The minimum absolute atomic E-state index is 0.137. The normalized spacial score (nSPS) is 11.5. The van der Waals surface area contributed by atoms with Gasteiger partial charge in [-0.3, -0.25) is 20.4 Å². The number of aryl methyl sites for hydroxylation is 1. The lowest BCUT2D eigenvalue weighted by molar-refractivity contribution is -0.123. The van der Waals surface area contributed by atoms with E-state index < -0.39 is 11.9 Å². The fraction of sp³-hybridized carbons (Fsp3) is 0.286. The Labute approximate surface area is 175 Å². The van der Waals surface area contributed by atoms with Crippen molar-refractivity contribution in [1.82, 2.24) is 16.2 Å². The van der Waals surface area contributed by atoms with E-state index in [1.807, 2.05) is 32.9 Å². The van der Waals surface area contributed by atoms with Gasteiger partial charge >= 0.3 is 0 Å². The summed E-state index contributed by atoms with van der Waals surface area (Å²) in [5.41, 5.74) is 7.04. The smallest absolute Gasteiger partial charge is 0.260 e. The van der Waals surface area contributed by atoms with Crippen LogP contribution >= 0.6 is 12.2 Å². The van der Waals surface area contributed by atoms with E-state index in [1.54, 1.807) is 12.1 Å². The molecule has 0 saturated heterocycles. The highest BCUT2D eigenvalue weighted by molar-refractivity contribution is 7.80. The molecule has 154 valence electrons. The van der Waals surface area contributed by atoms with E-state index in [4.69, 9.17) is 12.2 Å². The fourth-order valence-electron chi connectivity index (χ4n) is 2.67. The molecule has 2 rings (SSSR count). The Hall–Kier alpha value is -3.00. The SMILES string of the molecule is Cc1ccccc1C(=O)N[C@@H](CC(C)C)C(=O)NNC(=S)Nc1ccc(F)cc1. The van der Waals surface area contributed by atoms with Crippen molar-refractivity contribution in [3.05, 3.63) is 65.5 Å². The Morgan fingerprint density at radius 2 is 1.69 bits per heavy atom. The number of hydrazine groups is 1. The van der Waals surface area contributed by atoms with Gasteiger partial charge < -0.3 is 10.6 Å². The highest BCUT2D eigenvalue weighted by Gasteiger charge is 2.23. The Balaban J connectivity index is 1.95. The van der Waals surface area contributed by atoms with E-state index in [2.05, 4.69) is 21.5 Å². The molecule has 8 heteroatoms. The maximum atomic E-state index is 13.0. The first kappa shape index (κ1) is 22.3. The van der Waals surface area contributed by atoms with Crippen molar-refractivity contribution in [2.45, 2.75) is 33.2 Å². The standard InChI is InChI=1S/C21H25FN4O2S/c1-13(2)12-18(24-19(27)17-7-5-4-6-14(17)3)20(28)25-26-21(29)23-16-10-8-15(22)9-11-16/h4-11,13,18H,12H2,1-3H3,(H,24,27)(H,25,28)(H2,23,26,29)/t18-/m0/s1. The van der Waals surface area contributed by atoms with Crippen LogP contribution in [0, 0.1) is 18.7 Å². The van der Waals surface area contributed by atoms with Gasteiger partial charge in [-0.1, -0.05) is 32.0 Å². The molecule has 2 amide bonds. The molecule has 1 atom stereocenters. The van der Waals surface area contributed by atoms with Gasteiger partial charge in [0.2, 0.25) is 0 Å². The van der Waals surface area contributed by atoms with E-state index in [-0.39, 0.29) is 22.8 Å². The van der Waals surface area contributed by atoms with Crippen molar-refractivity contribution >= 4 is 34.8 Å². The Morgan fingerprint density at radius 1 is 1.03 bits per heavy atom. The van der Waals surface area contributed by atoms with Gasteiger partial charge in [0, 0.05) is 11.3 Å². The summed E-state index contributed by atoms with van der Waals surface area (Å²) in [5, 5.41) is 5.76. The first-order valence-electron chi connectivity index (χ1n) is 9.25. The molecule has 0 saturated carbocycles. The van der Waals surface area contributed by atoms with Gasteiger partial charge in [0.1, 0.15) is 11.9 Å². The van der Waals surface area contributed by atoms with Crippen LogP contribution in [-0.2, 0) is 4.79 Å². The lowest BCUT2D eigenvalue weighted by atomic mass is 10.0. The molecule has 2 aromatic rings. The molecule has 0 spiro atoms.